The Morgan fingerprint density at radius 3 is 1.72 bits per heavy atom. The summed E-state index contributed by atoms with van der Waals surface area (Å²) in [4.78, 5) is 24.3. The third kappa shape index (κ3) is 4.03. The summed E-state index contributed by atoms with van der Waals surface area (Å²) >= 11 is 0. The number of para-hydroxylation sites is 2. The Labute approximate surface area is 144 Å². The minimum Gasteiger partial charge on any atom is -0.423 e. The van der Waals surface area contributed by atoms with Crippen LogP contribution in [0.4, 0.5) is 5.69 Å². The summed E-state index contributed by atoms with van der Waals surface area (Å²) in [6, 6.07) is 21.7. The summed E-state index contributed by atoms with van der Waals surface area (Å²) in [6.45, 7) is 0. The highest BCUT2D eigenvalue weighted by atomic mass is 16.5. The molecule has 0 amide bonds. The van der Waals surface area contributed by atoms with Gasteiger partial charge in [0.25, 0.3) is 0 Å². The van der Waals surface area contributed by atoms with E-state index in [9.17, 15) is 9.59 Å². The van der Waals surface area contributed by atoms with E-state index >= 15 is 0 Å². The van der Waals surface area contributed by atoms with E-state index < -0.39 is 11.9 Å². The lowest BCUT2D eigenvalue weighted by Gasteiger charge is -2.09. The zero-order valence-corrected chi connectivity index (χ0v) is 13.2. The van der Waals surface area contributed by atoms with Crippen LogP contribution < -0.4 is 15.2 Å². The number of esters is 2. The van der Waals surface area contributed by atoms with Crippen LogP contribution in [0.25, 0.3) is 0 Å². The summed E-state index contributed by atoms with van der Waals surface area (Å²) in [6.07, 6.45) is 0. The van der Waals surface area contributed by atoms with Gasteiger partial charge >= 0.3 is 11.9 Å². The monoisotopic (exact) mass is 333 g/mol. The molecule has 0 radical (unpaired) electrons. The van der Waals surface area contributed by atoms with Crippen molar-refractivity contribution in [2.75, 3.05) is 5.73 Å². The van der Waals surface area contributed by atoms with Gasteiger partial charge in [0.05, 0.1) is 11.1 Å². The molecule has 3 aromatic carbocycles. The van der Waals surface area contributed by atoms with Crippen molar-refractivity contribution in [3.63, 3.8) is 0 Å². The molecule has 0 bridgehead atoms. The van der Waals surface area contributed by atoms with E-state index in [0.29, 0.717) is 11.5 Å². The maximum atomic E-state index is 12.2. The van der Waals surface area contributed by atoms with E-state index in [-0.39, 0.29) is 16.8 Å². The van der Waals surface area contributed by atoms with Gasteiger partial charge in [-0.25, -0.2) is 9.59 Å². The quantitative estimate of drug-likeness (QED) is 0.447. The Morgan fingerprint density at radius 2 is 1.20 bits per heavy atom. The molecule has 0 unspecified atom stereocenters. The molecule has 25 heavy (non-hydrogen) atoms. The van der Waals surface area contributed by atoms with Crippen LogP contribution in [0.3, 0.4) is 0 Å². The largest absolute Gasteiger partial charge is 0.423 e. The number of nitrogen functional groups attached to an aromatic ring is 1. The van der Waals surface area contributed by atoms with Crippen LogP contribution in [0, 0.1) is 0 Å². The smallest absolute Gasteiger partial charge is 0.345 e. The van der Waals surface area contributed by atoms with E-state index in [0.717, 1.165) is 0 Å². The fraction of sp³-hybridized carbons (Fsp3) is 0. The van der Waals surface area contributed by atoms with Gasteiger partial charge in [-0.2, -0.15) is 0 Å². The molecule has 0 aliphatic rings. The molecule has 0 fully saturated rings. The molecule has 5 nitrogen and oxygen atoms in total. The number of hydrogen-bond acceptors (Lipinski definition) is 5. The second-order valence-corrected chi connectivity index (χ2v) is 5.21. The molecule has 124 valence electrons. The van der Waals surface area contributed by atoms with E-state index in [1.54, 1.807) is 48.5 Å². The summed E-state index contributed by atoms with van der Waals surface area (Å²) in [7, 11) is 0. The number of benzene rings is 3. The van der Waals surface area contributed by atoms with Crippen molar-refractivity contribution in [1.82, 2.24) is 0 Å². The van der Waals surface area contributed by atoms with Gasteiger partial charge < -0.3 is 15.2 Å². The summed E-state index contributed by atoms with van der Waals surface area (Å²) < 4.78 is 10.5. The van der Waals surface area contributed by atoms with Crippen molar-refractivity contribution in [3.8, 4) is 11.5 Å². The predicted molar refractivity (Wildman–Crippen MR) is 93.7 cm³/mol. The fourth-order valence-corrected chi connectivity index (χ4v) is 2.18. The van der Waals surface area contributed by atoms with Gasteiger partial charge in [-0.05, 0) is 42.5 Å². The summed E-state index contributed by atoms with van der Waals surface area (Å²) in [5.41, 5.74) is 6.47. The first-order valence-electron chi connectivity index (χ1n) is 7.57. The number of hydrogen-bond donors (Lipinski definition) is 1. The SMILES string of the molecule is Nc1cc(C(=O)Oc2ccccc2)ccc1C(=O)Oc1ccccc1. The van der Waals surface area contributed by atoms with Crippen LogP contribution in [-0.4, -0.2) is 11.9 Å². The molecule has 3 aromatic rings. The second-order valence-electron chi connectivity index (χ2n) is 5.21. The molecule has 0 aliphatic heterocycles. The molecule has 0 atom stereocenters. The van der Waals surface area contributed by atoms with Crippen LogP contribution >= 0.6 is 0 Å². The Morgan fingerprint density at radius 1 is 0.680 bits per heavy atom. The number of carbonyl (C=O) groups excluding carboxylic acids is 2. The maximum Gasteiger partial charge on any atom is 0.345 e. The van der Waals surface area contributed by atoms with E-state index in [4.69, 9.17) is 15.2 Å². The minimum atomic E-state index is -0.591. The maximum absolute atomic E-state index is 12.2. The highest BCUT2D eigenvalue weighted by Crippen LogP contribution is 2.19. The second kappa shape index (κ2) is 7.31. The third-order valence-electron chi connectivity index (χ3n) is 3.41. The number of nitrogens with two attached hydrogens (primary N) is 1. The van der Waals surface area contributed by atoms with Gasteiger partial charge in [-0.15, -0.1) is 0 Å². The van der Waals surface area contributed by atoms with Crippen LogP contribution in [0.5, 0.6) is 11.5 Å². The Bertz CT molecular complexity index is 892. The van der Waals surface area contributed by atoms with Crippen molar-refractivity contribution in [1.29, 1.82) is 0 Å². The number of carbonyl (C=O) groups is 2. The molecule has 0 heterocycles. The molecular weight excluding hydrogens is 318 g/mol. The molecule has 0 spiro atoms. The number of anilines is 1. The molecule has 3 rings (SSSR count). The third-order valence-corrected chi connectivity index (χ3v) is 3.41. The molecule has 2 N–H and O–H groups in total. The summed E-state index contributed by atoms with van der Waals surface area (Å²) in [5, 5.41) is 0. The summed E-state index contributed by atoms with van der Waals surface area (Å²) in [5.74, 6) is -0.300. The average molecular weight is 333 g/mol. The van der Waals surface area contributed by atoms with Crippen molar-refractivity contribution in [2.45, 2.75) is 0 Å². The Kier molecular flexibility index (Phi) is 4.76. The lowest BCUT2D eigenvalue weighted by atomic mass is 10.1. The Hall–Kier alpha value is -3.60. The topological polar surface area (TPSA) is 78.6 Å². The minimum absolute atomic E-state index is 0.142. The predicted octanol–water partition coefficient (Wildman–Crippen LogP) is 3.71. The standard InChI is InChI=1S/C20H15NO4/c21-18-13-14(19(22)24-15-7-3-1-4-8-15)11-12-17(18)20(23)25-16-9-5-2-6-10-16/h1-13H,21H2. The van der Waals surface area contributed by atoms with Crippen LogP contribution in [0.2, 0.25) is 0 Å². The fourth-order valence-electron chi connectivity index (χ4n) is 2.18. The molecule has 0 saturated heterocycles. The van der Waals surface area contributed by atoms with Crippen LogP contribution in [0.1, 0.15) is 20.7 Å². The zero-order valence-electron chi connectivity index (χ0n) is 13.2. The van der Waals surface area contributed by atoms with E-state index in [1.807, 2.05) is 12.1 Å². The number of ether oxygens (including phenoxy) is 2. The highest BCUT2D eigenvalue weighted by Gasteiger charge is 2.16. The molecular formula is C20H15NO4. The molecule has 0 saturated carbocycles. The van der Waals surface area contributed by atoms with Gasteiger partial charge in [0.15, 0.2) is 0 Å². The van der Waals surface area contributed by atoms with Crippen LogP contribution in [-0.2, 0) is 0 Å². The zero-order chi connectivity index (χ0) is 17.6. The van der Waals surface area contributed by atoms with Gasteiger partial charge in [0.1, 0.15) is 11.5 Å². The lowest BCUT2D eigenvalue weighted by molar-refractivity contribution is 0.0721. The van der Waals surface area contributed by atoms with Gasteiger partial charge in [-0.3, -0.25) is 0 Å². The van der Waals surface area contributed by atoms with Crippen molar-refractivity contribution in [3.05, 3.63) is 90.0 Å². The Balaban J connectivity index is 1.74. The van der Waals surface area contributed by atoms with E-state index in [1.165, 1.54) is 18.2 Å². The van der Waals surface area contributed by atoms with Gasteiger partial charge in [0, 0.05) is 5.69 Å². The highest BCUT2D eigenvalue weighted by molar-refractivity contribution is 5.99. The first-order valence-corrected chi connectivity index (χ1v) is 7.57. The van der Waals surface area contributed by atoms with Crippen molar-refractivity contribution < 1.29 is 19.1 Å². The first kappa shape index (κ1) is 16.3. The number of rotatable bonds is 4. The van der Waals surface area contributed by atoms with E-state index in [2.05, 4.69) is 0 Å². The van der Waals surface area contributed by atoms with Gasteiger partial charge in [0.2, 0.25) is 0 Å². The molecule has 5 heteroatoms. The van der Waals surface area contributed by atoms with Crippen molar-refractivity contribution in [2.24, 2.45) is 0 Å². The van der Waals surface area contributed by atoms with Gasteiger partial charge in [-0.1, -0.05) is 36.4 Å². The van der Waals surface area contributed by atoms with Crippen LogP contribution in [0.15, 0.2) is 78.9 Å². The normalized spacial score (nSPS) is 10.1. The average Bonchev–Trinajstić information content (AvgIpc) is 2.63. The van der Waals surface area contributed by atoms with Crippen molar-refractivity contribution >= 4 is 17.6 Å². The molecule has 0 aliphatic carbocycles. The molecule has 0 aromatic heterocycles. The first-order chi connectivity index (χ1) is 12.1. The lowest BCUT2D eigenvalue weighted by Crippen LogP contribution is -2.14.